The van der Waals surface area contributed by atoms with E-state index in [0.29, 0.717) is 0 Å². The Kier molecular flexibility index (Phi) is 4.69. The van der Waals surface area contributed by atoms with Crippen LogP contribution in [0.15, 0.2) is 42.5 Å². The van der Waals surface area contributed by atoms with Crippen LogP contribution >= 0.6 is 11.6 Å². The van der Waals surface area contributed by atoms with Crippen molar-refractivity contribution < 1.29 is 27.8 Å². The van der Waals surface area contributed by atoms with E-state index in [1.807, 2.05) is 0 Å². The van der Waals surface area contributed by atoms with Crippen molar-refractivity contribution in [2.75, 3.05) is 5.32 Å². The first-order valence-corrected chi connectivity index (χ1v) is 7.89. The zero-order valence-corrected chi connectivity index (χ0v) is 14.1. The fraction of sp³-hybridized carbons (Fsp3) is 0.176. The summed E-state index contributed by atoms with van der Waals surface area (Å²) < 4.78 is 34.6. The number of benzene rings is 2. The number of anilines is 1. The molecule has 0 fully saturated rings. The third-order valence-electron chi connectivity index (χ3n) is 3.53. The number of nitrogens with one attached hydrogen (secondary N) is 2. The number of hydrogen-bond donors (Lipinski definition) is 2. The SMILES string of the molecule is CC(NC(=O)c1ccccc1Cl)C(=O)Nc1ccc2c(c1)OC(F)(F)O2. The average Bonchev–Trinajstić information content (AvgIpc) is 2.88. The standard InChI is InChI=1S/C17H13ClF2N2O4/c1-9(21-16(24)11-4-2-3-5-12(11)18)15(23)22-10-6-7-13-14(8-10)26-17(19,20)25-13/h2-9H,1H3,(H,21,24)(H,22,23). The predicted molar refractivity (Wildman–Crippen MR) is 89.7 cm³/mol. The lowest BCUT2D eigenvalue weighted by Gasteiger charge is -2.15. The van der Waals surface area contributed by atoms with E-state index in [0.717, 1.165) is 0 Å². The minimum absolute atomic E-state index is 0.131. The van der Waals surface area contributed by atoms with Gasteiger partial charge in [0.05, 0.1) is 10.6 Å². The molecule has 0 saturated heterocycles. The molecule has 26 heavy (non-hydrogen) atoms. The van der Waals surface area contributed by atoms with Gasteiger partial charge in [0.2, 0.25) is 5.91 Å². The van der Waals surface area contributed by atoms with Crippen LogP contribution in [0, 0.1) is 0 Å². The Hall–Kier alpha value is -2.87. The molecule has 0 aliphatic carbocycles. The molecule has 0 aromatic heterocycles. The van der Waals surface area contributed by atoms with E-state index in [1.54, 1.807) is 18.2 Å². The van der Waals surface area contributed by atoms with E-state index < -0.39 is 24.2 Å². The molecule has 0 radical (unpaired) electrons. The van der Waals surface area contributed by atoms with Crippen LogP contribution in [-0.4, -0.2) is 24.2 Å². The molecule has 2 aromatic rings. The van der Waals surface area contributed by atoms with Crippen molar-refractivity contribution >= 4 is 29.1 Å². The number of fused-ring (bicyclic) bond motifs is 1. The Labute approximate surface area is 152 Å². The van der Waals surface area contributed by atoms with Gasteiger partial charge in [0.25, 0.3) is 5.91 Å². The highest BCUT2D eigenvalue weighted by Crippen LogP contribution is 2.42. The van der Waals surface area contributed by atoms with Gasteiger partial charge in [-0.05, 0) is 31.2 Å². The highest BCUT2D eigenvalue weighted by Gasteiger charge is 2.43. The second kappa shape index (κ2) is 6.80. The van der Waals surface area contributed by atoms with Gasteiger partial charge in [0.1, 0.15) is 6.04 Å². The maximum Gasteiger partial charge on any atom is 0.586 e. The molecule has 2 aromatic carbocycles. The Morgan fingerprint density at radius 2 is 1.81 bits per heavy atom. The summed E-state index contributed by atoms with van der Waals surface area (Å²) in [5.74, 6) is -1.38. The Morgan fingerprint density at radius 3 is 2.54 bits per heavy atom. The van der Waals surface area contributed by atoms with Gasteiger partial charge in [0, 0.05) is 11.8 Å². The summed E-state index contributed by atoms with van der Waals surface area (Å²) >= 11 is 5.94. The van der Waals surface area contributed by atoms with Crippen LogP contribution < -0.4 is 20.1 Å². The predicted octanol–water partition coefficient (Wildman–Crippen LogP) is 3.42. The number of hydrogen-bond acceptors (Lipinski definition) is 4. The van der Waals surface area contributed by atoms with Gasteiger partial charge >= 0.3 is 6.29 Å². The van der Waals surface area contributed by atoms with Crippen LogP contribution in [0.1, 0.15) is 17.3 Å². The summed E-state index contributed by atoms with van der Waals surface area (Å²) in [6.07, 6.45) is -3.73. The van der Waals surface area contributed by atoms with E-state index in [1.165, 1.54) is 31.2 Å². The first-order chi connectivity index (χ1) is 12.2. The lowest BCUT2D eigenvalue weighted by molar-refractivity contribution is -0.286. The number of halogens is 3. The van der Waals surface area contributed by atoms with Crippen molar-refractivity contribution in [3.05, 3.63) is 53.1 Å². The van der Waals surface area contributed by atoms with Gasteiger partial charge in [-0.1, -0.05) is 23.7 Å². The molecule has 9 heteroatoms. The van der Waals surface area contributed by atoms with Crippen molar-refractivity contribution in [3.63, 3.8) is 0 Å². The molecule has 2 amide bonds. The Balaban J connectivity index is 1.64. The fourth-order valence-electron chi connectivity index (χ4n) is 2.26. The Morgan fingerprint density at radius 1 is 1.12 bits per heavy atom. The molecule has 1 heterocycles. The average molecular weight is 383 g/mol. The Bertz CT molecular complexity index is 876. The molecule has 2 N–H and O–H groups in total. The molecule has 136 valence electrons. The largest absolute Gasteiger partial charge is 0.586 e. The zero-order chi connectivity index (χ0) is 18.9. The monoisotopic (exact) mass is 382 g/mol. The maximum atomic E-state index is 13.0. The molecule has 1 aliphatic heterocycles. The molecule has 0 saturated carbocycles. The quantitative estimate of drug-likeness (QED) is 0.849. The first-order valence-electron chi connectivity index (χ1n) is 7.51. The van der Waals surface area contributed by atoms with Gasteiger partial charge in [-0.25, -0.2) is 0 Å². The van der Waals surface area contributed by atoms with E-state index in [9.17, 15) is 18.4 Å². The molecule has 1 atom stereocenters. The van der Waals surface area contributed by atoms with Gasteiger partial charge < -0.3 is 20.1 Å². The molecule has 3 rings (SSSR count). The summed E-state index contributed by atoms with van der Waals surface area (Å²) in [5.41, 5.74) is 0.452. The summed E-state index contributed by atoms with van der Waals surface area (Å²) in [4.78, 5) is 24.4. The number of amides is 2. The topological polar surface area (TPSA) is 76.7 Å². The normalized spacial score (nSPS) is 15.2. The van der Waals surface area contributed by atoms with Gasteiger partial charge in [0.15, 0.2) is 11.5 Å². The van der Waals surface area contributed by atoms with Crippen molar-refractivity contribution in [2.45, 2.75) is 19.3 Å². The third kappa shape index (κ3) is 3.85. The zero-order valence-electron chi connectivity index (χ0n) is 13.4. The highest BCUT2D eigenvalue weighted by atomic mass is 35.5. The molecule has 6 nitrogen and oxygen atoms in total. The molecular weight excluding hydrogens is 370 g/mol. The first kappa shape index (κ1) is 17.9. The van der Waals surface area contributed by atoms with Gasteiger partial charge in [-0.3, -0.25) is 9.59 Å². The van der Waals surface area contributed by atoms with E-state index in [4.69, 9.17) is 11.6 Å². The van der Waals surface area contributed by atoms with E-state index in [2.05, 4.69) is 20.1 Å². The minimum Gasteiger partial charge on any atom is -0.395 e. The summed E-state index contributed by atoms with van der Waals surface area (Å²) in [6, 6.07) is 9.35. The van der Waals surface area contributed by atoms with Crippen molar-refractivity contribution in [1.29, 1.82) is 0 Å². The maximum absolute atomic E-state index is 13.0. The highest BCUT2D eigenvalue weighted by molar-refractivity contribution is 6.33. The minimum atomic E-state index is -3.73. The number of alkyl halides is 2. The van der Waals surface area contributed by atoms with Gasteiger partial charge in [-0.2, -0.15) is 0 Å². The summed E-state index contributed by atoms with van der Waals surface area (Å²) in [5, 5.41) is 5.27. The molecule has 0 bridgehead atoms. The smallest absolute Gasteiger partial charge is 0.395 e. The molecule has 0 spiro atoms. The van der Waals surface area contributed by atoms with Crippen LogP contribution in [-0.2, 0) is 4.79 Å². The van der Waals surface area contributed by atoms with Crippen LogP contribution in [0.2, 0.25) is 5.02 Å². The number of rotatable bonds is 4. The molecular formula is C17H13ClF2N2O4. The number of carbonyl (C=O) groups is 2. The summed E-state index contributed by atoms with van der Waals surface area (Å²) in [7, 11) is 0. The molecule has 1 unspecified atom stereocenters. The second-order valence-electron chi connectivity index (χ2n) is 5.49. The van der Waals surface area contributed by atoms with Crippen molar-refractivity contribution in [2.24, 2.45) is 0 Å². The van der Waals surface area contributed by atoms with E-state index in [-0.39, 0.29) is 27.8 Å². The van der Waals surface area contributed by atoms with Gasteiger partial charge in [-0.15, -0.1) is 8.78 Å². The van der Waals surface area contributed by atoms with Crippen LogP contribution in [0.25, 0.3) is 0 Å². The van der Waals surface area contributed by atoms with Crippen molar-refractivity contribution in [1.82, 2.24) is 5.32 Å². The second-order valence-corrected chi connectivity index (χ2v) is 5.90. The van der Waals surface area contributed by atoms with Crippen molar-refractivity contribution in [3.8, 4) is 11.5 Å². The van der Waals surface area contributed by atoms with Crippen LogP contribution in [0.3, 0.4) is 0 Å². The van der Waals surface area contributed by atoms with E-state index >= 15 is 0 Å². The van der Waals surface area contributed by atoms with Crippen LogP contribution in [0.5, 0.6) is 11.5 Å². The lowest BCUT2D eigenvalue weighted by Crippen LogP contribution is -2.41. The summed E-state index contributed by atoms with van der Waals surface area (Å²) in [6.45, 7) is 1.48. The lowest BCUT2D eigenvalue weighted by atomic mass is 10.2. The molecule has 1 aliphatic rings. The third-order valence-corrected chi connectivity index (χ3v) is 3.86. The number of ether oxygens (including phenoxy) is 2. The number of carbonyl (C=O) groups excluding carboxylic acids is 2. The fourth-order valence-corrected chi connectivity index (χ4v) is 2.48. The van der Waals surface area contributed by atoms with Crippen LogP contribution in [0.4, 0.5) is 14.5 Å².